The molecule has 0 aromatic heterocycles. The van der Waals surface area contributed by atoms with Crippen LogP contribution in [-0.2, 0) is 10.0 Å². The van der Waals surface area contributed by atoms with Crippen LogP contribution in [-0.4, -0.2) is 27.0 Å². The molecule has 2 aliphatic carbocycles. The molecule has 0 radical (unpaired) electrons. The molecule has 4 N–H and O–H groups in total. The Labute approximate surface area is 126 Å². The monoisotopic (exact) mass is 309 g/mol. The minimum Gasteiger partial charge on any atom is -0.382 e. The zero-order valence-electron chi connectivity index (χ0n) is 12.1. The molecule has 116 valence electrons. The van der Waals surface area contributed by atoms with Crippen LogP contribution < -0.4 is 15.8 Å². The number of anilines is 1. The van der Waals surface area contributed by atoms with Gasteiger partial charge in [0.25, 0.3) is 0 Å². The third-order valence-electron chi connectivity index (χ3n) is 4.38. The molecule has 21 heavy (non-hydrogen) atoms. The first-order valence-electron chi connectivity index (χ1n) is 7.67. The van der Waals surface area contributed by atoms with E-state index in [2.05, 4.69) is 10.0 Å². The zero-order chi connectivity index (χ0) is 14.9. The second kappa shape index (κ2) is 5.94. The molecule has 0 bridgehead atoms. The predicted octanol–water partition coefficient (Wildman–Crippen LogP) is 1.67. The second-order valence-electron chi connectivity index (χ2n) is 6.10. The Bertz CT molecular complexity index is 581. The molecule has 0 saturated heterocycles. The molecule has 5 nitrogen and oxygen atoms in total. The fraction of sp³-hybridized carbons (Fsp3) is 0.600. The van der Waals surface area contributed by atoms with Gasteiger partial charge in [0.1, 0.15) is 0 Å². The minimum atomic E-state index is -3.35. The number of nitrogens with one attached hydrogen (secondary N) is 2. The molecular weight excluding hydrogens is 286 g/mol. The lowest BCUT2D eigenvalue weighted by Crippen LogP contribution is -2.29. The maximum absolute atomic E-state index is 12.1. The lowest BCUT2D eigenvalue weighted by molar-refractivity contribution is 0.516. The van der Waals surface area contributed by atoms with Crippen LogP contribution >= 0.6 is 0 Å². The van der Waals surface area contributed by atoms with Crippen molar-refractivity contribution in [1.29, 1.82) is 0 Å². The summed E-state index contributed by atoms with van der Waals surface area (Å²) in [6.07, 6.45) is 5.40. The average molecular weight is 309 g/mol. The summed E-state index contributed by atoms with van der Waals surface area (Å²) in [5, 5.41) is 3.48. The van der Waals surface area contributed by atoms with Gasteiger partial charge in [-0.05, 0) is 62.4 Å². The van der Waals surface area contributed by atoms with E-state index < -0.39 is 10.0 Å². The van der Waals surface area contributed by atoms with Crippen LogP contribution in [0.25, 0.3) is 0 Å². The SMILES string of the molecule is NCC1CCCC1Nc1ccc(S(=O)(=O)NC2CC2)cc1. The van der Waals surface area contributed by atoms with Gasteiger partial charge in [-0.25, -0.2) is 13.1 Å². The number of sulfonamides is 1. The van der Waals surface area contributed by atoms with Crippen molar-refractivity contribution in [2.45, 2.75) is 49.1 Å². The fourth-order valence-electron chi connectivity index (χ4n) is 2.94. The van der Waals surface area contributed by atoms with E-state index in [1.54, 1.807) is 12.1 Å². The lowest BCUT2D eigenvalue weighted by atomic mass is 10.0. The minimum absolute atomic E-state index is 0.136. The topological polar surface area (TPSA) is 84.2 Å². The number of nitrogens with two attached hydrogens (primary N) is 1. The summed E-state index contributed by atoms with van der Waals surface area (Å²) in [5.41, 5.74) is 6.75. The largest absolute Gasteiger partial charge is 0.382 e. The van der Waals surface area contributed by atoms with Gasteiger partial charge < -0.3 is 11.1 Å². The summed E-state index contributed by atoms with van der Waals surface area (Å²) in [4.78, 5) is 0.335. The number of hydrogen-bond acceptors (Lipinski definition) is 4. The van der Waals surface area contributed by atoms with E-state index >= 15 is 0 Å². The number of benzene rings is 1. The van der Waals surface area contributed by atoms with Crippen molar-refractivity contribution >= 4 is 15.7 Å². The Morgan fingerprint density at radius 3 is 2.43 bits per heavy atom. The molecule has 0 heterocycles. The van der Waals surface area contributed by atoms with E-state index in [1.807, 2.05) is 12.1 Å². The quantitative estimate of drug-likeness (QED) is 0.746. The Balaban J connectivity index is 1.66. The first-order valence-corrected chi connectivity index (χ1v) is 9.16. The third-order valence-corrected chi connectivity index (χ3v) is 5.91. The van der Waals surface area contributed by atoms with E-state index in [-0.39, 0.29) is 6.04 Å². The second-order valence-corrected chi connectivity index (χ2v) is 7.81. The van der Waals surface area contributed by atoms with Gasteiger partial charge in [-0.1, -0.05) is 6.42 Å². The van der Waals surface area contributed by atoms with Gasteiger partial charge in [0.15, 0.2) is 0 Å². The van der Waals surface area contributed by atoms with E-state index in [9.17, 15) is 8.42 Å². The smallest absolute Gasteiger partial charge is 0.240 e. The first-order chi connectivity index (χ1) is 10.1. The zero-order valence-corrected chi connectivity index (χ0v) is 12.9. The molecule has 0 spiro atoms. The standard InChI is InChI=1S/C15H23N3O2S/c16-10-11-2-1-3-15(11)17-12-6-8-14(9-7-12)21(19,20)18-13-4-5-13/h6-9,11,13,15,17-18H,1-5,10,16H2. The summed E-state index contributed by atoms with van der Waals surface area (Å²) >= 11 is 0. The van der Waals surface area contributed by atoms with Crippen LogP contribution in [0.15, 0.2) is 29.2 Å². The molecule has 6 heteroatoms. The maximum atomic E-state index is 12.1. The van der Waals surface area contributed by atoms with Gasteiger partial charge in [0, 0.05) is 17.8 Å². The molecule has 2 saturated carbocycles. The van der Waals surface area contributed by atoms with E-state index in [1.165, 1.54) is 12.8 Å². The Kier molecular flexibility index (Phi) is 4.19. The average Bonchev–Trinajstić information content (AvgIpc) is 3.15. The van der Waals surface area contributed by atoms with Crippen molar-refractivity contribution in [3.8, 4) is 0 Å². The van der Waals surface area contributed by atoms with Crippen molar-refractivity contribution < 1.29 is 8.42 Å². The molecule has 1 aromatic carbocycles. The van der Waals surface area contributed by atoms with E-state index in [4.69, 9.17) is 5.73 Å². The van der Waals surface area contributed by atoms with Crippen LogP contribution in [0.4, 0.5) is 5.69 Å². The Hall–Kier alpha value is -1.11. The summed E-state index contributed by atoms with van der Waals surface area (Å²) in [6, 6.07) is 7.55. The number of rotatable bonds is 6. The molecule has 2 aliphatic rings. The van der Waals surface area contributed by atoms with Gasteiger partial charge in [0.05, 0.1) is 4.90 Å². The van der Waals surface area contributed by atoms with Crippen LogP contribution in [0, 0.1) is 5.92 Å². The van der Waals surface area contributed by atoms with E-state index in [0.717, 1.165) is 24.9 Å². The van der Waals surface area contributed by atoms with Gasteiger partial charge in [0.2, 0.25) is 10.0 Å². The molecule has 3 rings (SSSR count). The van der Waals surface area contributed by atoms with Crippen LogP contribution in [0.3, 0.4) is 0 Å². The highest BCUT2D eigenvalue weighted by Gasteiger charge is 2.28. The van der Waals surface area contributed by atoms with Crippen LogP contribution in [0.5, 0.6) is 0 Å². The fourth-order valence-corrected chi connectivity index (χ4v) is 4.25. The molecule has 2 atom stereocenters. The normalized spacial score (nSPS) is 26.0. The molecule has 0 aliphatic heterocycles. The first kappa shape index (κ1) is 14.8. The van der Waals surface area contributed by atoms with Gasteiger partial charge in [-0.2, -0.15) is 0 Å². The molecule has 2 fully saturated rings. The van der Waals surface area contributed by atoms with Crippen molar-refractivity contribution in [3.05, 3.63) is 24.3 Å². The highest BCUT2D eigenvalue weighted by atomic mass is 32.2. The molecular formula is C15H23N3O2S. The van der Waals surface area contributed by atoms with Crippen molar-refractivity contribution in [3.63, 3.8) is 0 Å². The van der Waals surface area contributed by atoms with E-state index in [0.29, 0.717) is 23.4 Å². The Morgan fingerprint density at radius 2 is 1.81 bits per heavy atom. The molecule has 0 amide bonds. The highest BCUT2D eigenvalue weighted by Crippen LogP contribution is 2.28. The predicted molar refractivity (Wildman–Crippen MR) is 83.6 cm³/mol. The van der Waals surface area contributed by atoms with Crippen molar-refractivity contribution in [1.82, 2.24) is 4.72 Å². The summed E-state index contributed by atoms with van der Waals surface area (Å²) in [7, 11) is -3.35. The van der Waals surface area contributed by atoms with Crippen molar-refractivity contribution in [2.75, 3.05) is 11.9 Å². The maximum Gasteiger partial charge on any atom is 0.240 e. The summed E-state index contributed by atoms with van der Waals surface area (Å²) in [6.45, 7) is 0.704. The molecule has 1 aromatic rings. The highest BCUT2D eigenvalue weighted by molar-refractivity contribution is 7.89. The summed E-state index contributed by atoms with van der Waals surface area (Å²) < 4.78 is 26.9. The van der Waals surface area contributed by atoms with Gasteiger partial charge in [-0.15, -0.1) is 0 Å². The molecule has 2 unspecified atom stereocenters. The number of hydrogen-bond donors (Lipinski definition) is 3. The van der Waals surface area contributed by atoms with Crippen LogP contribution in [0.2, 0.25) is 0 Å². The van der Waals surface area contributed by atoms with Gasteiger partial charge in [-0.3, -0.25) is 0 Å². The summed E-state index contributed by atoms with van der Waals surface area (Å²) in [5.74, 6) is 0.518. The lowest BCUT2D eigenvalue weighted by Gasteiger charge is -2.20. The third kappa shape index (κ3) is 3.56. The van der Waals surface area contributed by atoms with Gasteiger partial charge >= 0.3 is 0 Å². The van der Waals surface area contributed by atoms with Crippen LogP contribution in [0.1, 0.15) is 32.1 Å². The Morgan fingerprint density at radius 1 is 1.10 bits per heavy atom. The van der Waals surface area contributed by atoms with Crippen molar-refractivity contribution in [2.24, 2.45) is 11.7 Å².